The Balaban J connectivity index is 1.70. The highest BCUT2D eigenvalue weighted by molar-refractivity contribution is 6.02. The number of hydrogen-bond donors (Lipinski definition) is 1. The van der Waals surface area contributed by atoms with Crippen LogP contribution in [-0.2, 0) is 22.1 Å². The van der Waals surface area contributed by atoms with Crippen LogP contribution in [-0.4, -0.2) is 34.2 Å². The standard InChI is InChI=1S/C19H24N4O2/c1-13-5-7-14(8-6-13)19(2,3)18(25)21-16-9-10-23(17(16)24)15-11-20-22(4)12-15/h5-8,11-12,16H,9-10H2,1-4H3,(H,21,25)/t16-/m0/s1. The van der Waals surface area contributed by atoms with Crippen LogP contribution in [0.4, 0.5) is 5.69 Å². The van der Waals surface area contributed by atoms with E-state index in [0.29, 0.717) is 13.0 Å². The number of rotatable bonds is 4. The Morgan fingerprint density at radius 2 is 1.96 bits per heavy atom. The number of benzene rings is 1. The zero-order valence-electron chi connectivity index (χ0n) is 15.1. The Bertz CT molecular complexity index is 792. The molecule has 0 saturated carbocycles. The van der Waals surface area contributed by atoms with Gasteiger partial charge in [-0.05, 0) is 32.8 Å². The van der Waals surface area contributed by atoms with Gasteiger partial charge in [0.25, 0.3) is 0 Å². The minimum Gasteiger partial charge on any atom is -0.343 e. The second-order valence-corrected chi connectivity index (χ2v) is 7.17. The van der Waals surface area contributed by atoms with Crippen molar-refractivity contribution >= 4 is 17.5 Å². The Labute approximate surface area is 147 Å². The summed E-state index contributed by atoms with van der Waals surface area (Å²) < 4.78 is 1.66. The van der Waals surface area contributed by atoms with E-state index in [1.165, 1.54) is 0 Å². The molecule has 3 rings (SSSR count). The van der Waals surface area contributed by atoms with Gasteiger partial charge in [0.2, 0.25) is 11.8 Å². The van der Waals surface area contributed by atoms with E-state index in [0.717, 1.165) is 16.8 Å². The van der Waals surface area contributed by atoms with Gasteiger partial charge in [0, 0.05) is 19.8 Å². The molecule has 2 heterocycles. The number of carbonyl (C=O) groups is 2. The fourth-order valence-electron chi connectivity index (χ4n) is 3.06. The minimum atomic E-state index is -0.699. The summed E-state index contributed by atoms with van der Waals surface area (Å²) in [6.07, 6.45) is 4.07. The summed E-state index contributed by atoms with van der Waals surface area (Å²) in [5.41, 5.74) is 2.15. The first kappa shape index (κ1) is 17.2. The zero-order valence-corrected chi connectivity index (χ0v) is 15.1. The van der Waals surface area contributed by atoms with Crippen LogP contribution < -0.4 is 10.2 Å². The molecule has 1 aromatic heterocycles. The first-order chi connectivity index (χ1) is 11.8. The second kappa shape index (κ2) is 6.35. The monoisotopic (exact) mass is 340 g/mol. The molecule has 1 fully saturated rings. The van der Waals surface area contributed by atoms with Crippen LogP contribution in [0.5, 0.6) is 0 Å². The summed E-state index contributed by atoms with van der Waals surface area (Å²) in [5.74, 6) is -0.219. The molecule has 2 aromatic rings. The molecule has 0 radical (unpaired) electrons. The highest BCUT2D eigenvalue weighted by Gasteiger charge is 2.38. The molecule has 1 N–H and O–H groups in total. The summed E-state index contributed by atoms with van der Waals surface area (Å²) in [5, 5.41) is 7.03. The predicted octanol–water partition coefficient (Wildman–Crippen LogP) is 1.93. The van der Waals surface area contributed by atoms with E-state index in [9.17, 15) is 9.59 Å². The van der Waals surface area contributed by atoms with Gasteiger partial charge in [-0.15, -0.1) is 0 Å². The van der Waals surface area contributed by atoms with Gasteiger partial charge in [-0.3, -0.25) is 14.3 Å². The molecule has 0 spiro atoms. The van der Waals surface area contributed by atoms with E-state index in [2.05, 4.69) is 10.4 Å². The third-order valence-corrected chi connectivity index (χ3v) is 4.85. The number of nitrogens with zero attached hydrogens (tertiary/aromatic N) is 3. The Kier molecular flexibility index (Phi) is 4.37. The van der Waals surface area contributed by atoms with Crippen LogP contribution in [0.1, 0.15) is 31.4 Å². The van der Waals surface area contributed by atoms with E-state index in [-0.39, 0.29) is 11.8 Å². The Morgan fingerprint density at radius 3 is 2.56 bits per heavy atom. The summed E-state index contributed by atoms with van der Waals surface area (Å²) in [6, 6.07) is 7.43. The third kappa shape index (κ3) is 3.29. The molecule has 0 bridgehead atoms. The summed E-state index contributed by atoms with van der Waals surface area (Å²) in [6.45, 7) is 6.36. The van der Waals surface area contributed by atoms with Crippen molar-refractivity contribution in [3.8, 4) is 0 Å². The molecule has 2 amide bonds. The maximum Gasteiger partial charge on any atom is 0.249 e. The molecular formula is C19H24N4O2. The van der Waals surface area contributed by atoms with Crippen molar-refractivity contribution in [1.29, 1.82) is 0 Å². The van der Waals surface area contributed by atoms with Crippen molar-refractivity contribution in [3.05, 3.63) is 47.8 Å². The van der Waals surface area contributed by atoms with Gasteiger partial charge >= 0.3 is 0 Å². The molecule has 6 heteroatoms. The summed E-state index contributed by atoms with van der Waals surface area (Å²) in [7, 11) is 1.81. The summed E-state index contributed by atoms with van der Waals surface area (Å²) >= 11 is 0. The largest absolute Gasteiger partial charge is 0.343 e. The lowest BCUT2D eigenvalue weighted by molar-refractivity contribution is -0.129. The quantitative estimate of drug-likeness (QED) is 0.925. The maximum absolute atomic E-state index is 12.8. The van der Waals surface area contributed by atoms with Crippen molar-refractivity contribution < 1.29 is 9.59 Å². The average molecular weight is 340 g/mol. The number of nitrogens with one attached hydrogen (secondary N) is 1. The van der Waals surface area contributed by atoms with Crippen LogP contribution in [0.3, 0.4) is 0 Å². The van der Waals surface area contributed by atoms with Gasteiger partial charge in [-0.25, -0.2) is 0 Å². The van der Waals surface area contributed by atoms with Crippen molar-refractivity contribution in [2.24, 2.45) is 7.05 Å². The minimum absolute atomic E-state index is 0.0824. The molecule has 1 saturated heterocycles. The lowest BCUT2D eigenvalue weighted by Crippen LogP contribution is -2.48. The Morgan fingerprint density at radius 1 is 1.28 bits per heavy atom. The van der Waals surface area contributed by atoms with E-state index >= 15 is 0 Å². The van der Waals surface area contributed by atoms with Crippen LogP contribution in [0.2, 0.25) is 0 Å². The number of carbonyl (C=O) groups excluding carboxylic acids is 2. The third-order valence-electron chi connectivity index (χ3n) is 4.85. The maximum atomic E-state index is 12.8. The molecule has 0 unspecified atom stereocenters. The van der Waals surface area contributed by atoms with Crippen molar-refractivity contribution in [2.45, 2.75) is 38.6 Å². The molecule has 132 valence electrons. The Hall–Kier alpha value is -2.63. The van der Waals surface area contributed by atoms with Gasteiger partial charge in [0.1, 0.15) is 6.04 Å². The molecule has 1 atom stereocenters. The van der Waals surface area contributed by atoms with E-state index < -0.39 is 11.5 Å². The highest BCUT2D eigenvalue weighted by Crippen LogP contribution is 2.26. The van der Waals surface area contributed by atoms with E-state index in [1.54, 1.807) is 22.0 Å². The first-order valence-corrected chi connectivity index (χ1v) is 8.47. The van der Waals surface area contributed by atoms with Gasteiger partial charge in [-0.2, -0.15) is 5.10 Å². The van der Waals surface area contributed by atoms with Gasteiger partial charge < -0.3 is 10.2 Å². The lowest BCUT2D eigenvalue weighted by Gasteiger charge is -2.26. The molecule has 1 aliphatic rings. The molecule has 0 aliphatic carbocycles. The van der Waals surface area contributed by atoms with Crippen LogP contribution in [0.25, 0.3) is 0 Å². The molecule has 1 aromatic carbocycles. The average Bonchev–Trinajstić information content (AvgIpc) is 3.14. The SMILES string of the molecule is Cc1ccc(C(C)(C)C(=O)N[C@H]2CCN(c3cnn(C)c3)C2=O)cc1. The van der Waals surface area contributed by atoms with E-state index in [4.69, 9.17) is 0 Å². The van der Waals surface area contributed by atoms with Crippen molar-refractivity contribution in [1.82, 2.24) is 15.1 Å². The fraction of sp³-hybridized carbons (Fsp3) is 0.421. The predicted molar refractivity (Wildman–Crippen MR) is 96.3 cm³/mol. The normalized spacial score (nSPS) is 17.8. The van der Waals surface area contributed by atoms with Crippen molar-refractivity contribution in [2.75, 3.05) is 11.4 Å². The van der Waals surface area contributed by atoms with Gasteiger partial charge in [-0.1, -0.05) is 29.8 Å². The van der Waals surface area contributed by atoms with Crippen molar-refractivity contribution in [3.63, 3.8) is 0 Å². The number of amides is 2. The fourth-order valence-corrected chi connectivity index (χ4v) is 3.06. The van der Waals surface area contributed by atoms with Gasteiger partial charge in [0.05, 0.1) is 17.3 Å². The first-order valence-electron chi connectivity index (χ1n) is 8.47. The smallest absolute Gasteiger partial charge is 0.249 e. The lowest BCUT2D eigenvalue weighted by atomic mass is 9.83. The number of anilines is 1. The molecular weight excluding hydrogens is 316 g/mol. The zero-order chi connectivity index (χ0) is 18.2. The highest BCUT2D eigenvalue weighted by atomic mass is 16.2. The molecule has 1 aliphatic heterocycles. The van der Waals surface area contributed by atoms with Gasteiger partial charge in [0.15, 0.2) is 0 Å². The van der Waals surface area contributed by atoms with Crippen LogP contribution >= 0.6 is 0 Å². The molecule has 25 heavy (non-hydrogen) atoms. The summed E-state index contributed by atoms with van der Waals surface area (Å²) in [4.78, 5) is 27.1. The van der Waals surface area contributed by atoms with Crippen LogP contribution in [0, 0.1) is 6.92 Å². The van der Waals surface area contributed by atoms with Crippen LogP contribution in [0.15, 0.2) is 36.7 Å². The molecule has 6 nitrogen and oxygen atoms in total. The second-order valence-electron chi connectivity index (χ2n) is 7.17. The topological polar surface area (TPSA) is 67.2 Å². The van der Waals surface area contributed by atoms with E-state index in [1.807, 2.05) is 52.1 Å². The number of aryl methyl sites for hydroxylation is 2. The number of hydrogen-bond acceptors (Lipinski definition) is 3. The number of aromatic nitrogens is 2.